The van der Waals surface area contributed by atoms with Crippen molar-refractivity contribution in [1.29, 1.82) is 0 Å². The Balaban J connectivity index is 1.57. The fourth-order valence-corrected chi connectivity index (χ4v) is 7.10. The van der Waals surface area contributed by atoms with Crippen molar-refractivity contribution in [3.8, 4) is 39.1 Å². The second kappa shape index (κ2) is 13.0. The van der Waals surface area contributed by atoms with Crippen LogP contribution in [0.15, 0.2) is 146 Å². The molecule has 7 aromatic rings. The molecule has 0 radical (unpaired) electrons. The molecule has 0 amide bonds. The summed E-state index contributed by atoms with van der Waals surface area (Å²) in [6, 6.07) is 49.5. The number of aromatic amines is 1. The molecule has 2 aliphatic heterocycles. The molecule has 1 N–H and O–H groups in total. The number of methoxy groups -OCH3 is 1. The fourth-order valence-electron chi connectivity index (χ4n) is 7.10. The first-order valence-corrected chi connectivity index (χ1v) is 17.1. The molecule has 248 valence electrons. The normalized spacial score (nSPS) is 11.9. The Hall–Kier alpha value is -7.05. The van der Waals surface area contributed by atoms with Gasteiger partial charge in [-0.3, -0.25) is 0 Å². The number of carbonyl (C=O) groups is 1. The monoisotopic (exact) mass is 672 g/mol. The molecule has 5 heterocycles. The molecule has 0 fully saturated rings. The van der Waals surface area contributed by atoms with Gasteiger partial charge in [0.05, 0.1) is 46.5 Å². The van der Waals surface area contributed by atoms with Gasteiger partial charge in [0.2, 0.25) is 0 Å². The van der Waals surface area contributed by atoms with Crippen molar-refractivity contribution < 1.29 is 9.53 Å². The number of nitrogens with one attached hydrogen (secondary N) is 1. The maximum atomic E-state index is 12.6. The predicted molar refractivity (Wildman–Crippen MR) is 211 cm³/mol. The van der Waals surface area contributed by atoms with Crippen LogP contribution in [-0.2, 0) is 4.74 Å². The Kier molecular flexibility index (Phi) is 7.75. The minimum atomic E-state index is -0.386. The van der Waals surface area contributed by atoms with Crippen molar-refractivity contribution in [2.45, 2.75) is 0 Å². The molecular weight excluding hydrogens is 641 g/mol. The van der Waals surface area contributed by atoms with E-state index in [-0.39, 0.29) is 5.97 Å². The van der Waals surface area contributed by atoms with E-state index in [9.17, 15) is 4.79 Å². The van der Waals surface area contributed by atoms with Crippen LogP contribution < -0.4 is 0 Å². The Morgan fingerprint density at radius 3 is 1.73 bits per heavy atom. The van der Waals surface area contributed by atoms with Crippen molar-refractivity contribution in [2.75, 3.05) is 7.11 Å². The Bertz CT molecular complexity index is 2710. The number of hydrogen-bond donors (Lipinski definition) is 1. The number of rotatable bonds is 5. The van der Waals surface area contributed by atoms with E-state index in [0.717, 1.165) is 83.9 Å². The molecule has 0 saturated heterocycles. The third-order valence-corrected chi connectivity index (χ3v) is 9.40. The van der Waals surface area contributed by atoms with Crippen LogP contribution >= 0.6 is 0 Å². The van der Waals surface area contributed by atoms with Gasteiger partial charge in [0.25, 0.3) is 0 Å². The van der Waals surface area contributed by atoms with Gasteiger partial charge in [0, 0.05) is 33.4 Å². The van der Waals surface area contributed by atoms with Gasteiger partial charge in [0.15, 0.2) is 0 Å². The minimum absolute atomic E-state index is 0.386. The van der Waals surface area contributed by atoms with E-state index in [4.69, 9.17) is 14.7 Å². The number of para-hydroxylation sites is 1. The summed E-state index contributed by atoms with van der Waals surface area (Å²) in [7, 11) is 1.40. The van der Waals surface area contributed by atoms with E-state index in [2.05, 4.69) is 131 Å². The largest absolute Gasteiger partial charge is 0.465 e. The first-order valence-electron chi connectivity index (χ1n) is 17.1. The molecule has 6 nitrogen and oxygen atoms in total. The lowest BCUT2D eigenvalue weighted by Gasteiger charge is -2.14. The number of H-pyrrole nitrogens is 1. The van der Waals surface area contributed by atoms with Crippen molar-refractivity contribution in [1.82, 2.24) is 19.5 Å². The van der Waals surface area contributed by atoms with E-state index < -0.39 is 0 Å². The first kappa shape index (κ1) is 31.0. The highest BCUT2D eigenvalue weighted by molar-refractivity contribution is 6.11. The lowest BCUT2D eigenvalue weighted by atomic mass is 9.93. The van der Waals surface area contributed by atoms with Crippen LogP contribution in [0.2, 0.25) is 0 Å². The summed E-state index contributed by atoms with van der Waals surface area (Å²) >= 11 is 0. The summed E-state index contributed by atoms with van der Waals surface area (Å²) in [6.45, 7) is 0. The van der Waals surface area contributed by atoms with Gasteiger partial charge >= 0.3 is 5.97 Å². The van der Waals surface area contributed by atoms with Crippen LogP contribution in [0.3, 0.4) is 0 Å². The van der Waals surface area contributed by atoms with Crippen LogP contribution in [0.4, 0.5) is 0 Å². The van der Waals surface area contributed by atoms with E-state index in [1.165, 1.54) is 7.11 Å². The molecule has 3 aromatic heterocycles. The molecule has 52 heavy (non-hydrogen) atoms. The first-order chi connectivity index (χ1) is 25.6. The average Bonchev–Trinajstić information content (AvgIpc) is 4.01. The standard InChI is InChI=1S/C46H32N4O2/c1-52-46(51)33-19-17-32(18-20-33)42-40-26-25-37(49-40)28-36-22-21-34(47-36)27-35-23-24-38(48-35)29-41-43(30-11-5-2-6-12-30)44(31-13-7-3-8-14-31)45(42)50(41)39-15-9-4-10-16-39/h2-29,47H,1H3. The molecule has 0 saturated carbocycles. The van der Waals surface area contributed by atoms with Crippen LogP contribution in [0.1, 0.15) is 33.1 Å². The Labute approximate surface area is 300 Å². The third kappa shape index (κ3) is 5.62. The lowest BCUT2D eigenvalue weighted by Crippen LogP contribution is -2.01. The number of fused-ring (bicyclic) bond motifs is 8. The number of benzene rings is 4. The highest BCUT2D eigenvalue weighted by atomic mass is 16.5. The average molecular weight is 673 g/mol. The molecule has 0 atom stereocenters. The van der Waals surface area contributed by atoms with Crippen molar-refractivity contribution >= 4 is 52.3 Å². The van der Waals surface area contributed by atoms with Gasteiger partial charge in [-0.1, -0.05) is 91.0 Å². The van der Waals surface area contributed by atoms with Crippen molar-refractivity contribution in [3.05, 3.63) is 174 Å². The Morgan fingerprint density at radius 1 is 0.558 bits per heavy atom. The maximum Gasteiger partial charge on any atom is 0.337 e. The number of ether oxygens (including phenoxy) is 1. The summed E-state index contributed by atoms with van der Waals surface area (Å²) in [5, 5.41) is 0. The second-order valence-electron chi connectivity index (χ2n) is 12.7. The molecular formula is C46H32N4O2. The lowest BCUT2D eigenvalue weighted by molar-refractivity contribution is 0.0600. The molecule has 6 heteroatoms. The van der Waals surface area contributed by atoms with E-state index in [0.29, 0.717) is 5.56 Å². The van der Waals surface area contributed by atoms with Crippen LogP contribution in [0.5, 0.6) is 0 Å². The number of esters is 1. The summed E-state index contributed by atoms with van der Waals surface area (Å²) in [4.78, 5) is 26.4. The van der Waals surface area contributed by atoms with Crippen molar-refractivity contribution in [3.63, 3.8) is 0 Å². The van der Waals surface area contributed by atoms with Crippen LogP contribution in [0.25, 0.3) is 85.4 Å². The van der Waals surface area contributed by atoms with Gasteiger partial charge in [-0.05, 0) is 95.6 Å². The summed E-state index contributed by atoms with van der Waals surface area (Å²) < 4.78 is 7.40. The van der Waals surface area contributed by atoms with E-state index >= 15 is 0 Å². The topological polar surface area (TPSA) is 72.8 Å². The van der Waals surface area contributed by atoms with Gasteiger partial charge in [0.1, 0.15) is 0 Å². The Morgan fingerprint density at radius 2 is 1.10 bits per heavy atom. The summed E-state index contributed by atoms with van der Waals surface area (Å²) in [5.74, 6) is -0.386. The zero-order valence-corrected chi connectivity index (χ0v) is 28.3. The highest BCUT2D eigenvalue weighted by Gasteiger charge is 2.25. The van der Waals surface area contributed by atoms with E-state index in [1.807, 2.05) is 48.5 Å². The fraction of sp³-hybridized carbons (Fsp3) is 0.0217. The molecule has 0 aliphatic carbocycles. The van der Waals surface area contributed by atoms with Crippen LogP contribution in [0, 0.1) is 0 Å². The van der Waals surface area contributed by atoms with E-state index in [1.54, 1.807) is 0 Å². The number of nitrogens with zero attached hydrogens (tertiary/aromatic N) is 3. The molecule has 0 unspecified atom stereocenters. The molecule has 9 rings (SSSR count). The van der Waals surface area contributed by atoms with Gasteiger partial charge in [-0.15, -0.1) is 0 Å². The number of carbonyl (C=O) groups excluding carboxylic acids is 1. The number of aromatic nitrogens is 4. The number of hydrogen-bond acceptors (Lipinski definition) is 4. The maximum absolute atomic E-state index is 12.6. The zero-order chi connectivity index (χ0) is 35.0. The second-order valence-corrected chi connectivity index (χ2v) is 12.7. The third-order valence-electron chi connectivity index (χ3n) is 9.40. The van der Waals surface area contributed by atoms with Gasteiger partial charge in [-0.2, -0.15) is 0 Å². The summed E-state index contributed by atoms with van der Waals surface area (Å²) in [6.07, 6.45) is 8.25. The van der Waals surface area contributed by atoms with Gasteiger partial charge in [-0.25, -0.2) is 14.8 Å². The van der Waals surface area contributed by atoms with Crippen LogP contribution in [-0.4, -0.2) is 32.6 Å². The van der Waals surface area contributed by atoms with Gasteiger partial charge < -0.3 is 14.3 Å². The molecule has 8 bridgehead atoms. The quantitative estimate of drug-likeness (QED) is 0.185. The molecule has 2 aliphatic rings. The SMILES string of the molecule is COC(=O)c1ccc(-c2c3nc(cc4ccc(cc5nc(cc6c(-c7ccccc7)c(-c7ccccc7)c2n6-c2ccccc2)C=C5)[nH]4)C=C3)cc1. The minimum Gasteiger partial charge on any atom is -0.465 e. The summed E-state index contributed by atoms with van der Waals surface area (Å²) in [5.41, 5.74) is 14.7. The zero-order valence-electron chi connectivity index (χ0n) is 28.3. The molecule has 4 aromatic carbocycles. The highest BCUT2D eigenvalue weighted by Crippen LogP contribution is 2.47. The molecule has 0 spiro atoms. The smallest absolute Gasteiger partial charge is 0.337 e. The van der Waals surface area contributed by atoms with Crippen molar-refractivity contribution in [2.24, 2.45) is 0 Å². The predicted octanol–water partition coefficient (Wildman–Crippen LogP) is 10.9.